The van der Waals surface area contributed by atoms with Gasteiger partial charge in [-0.25, -0.2) is 9.18 Å². The third kappa shape index (κ3) is 5.71. The fraction of sp³-hybridized carbons (Fsp3) is 0.652. The zero-order chi connectivity index (χ0) is 21.1. The smallest absolute Gasteiger partial charge is 0.410 e. The van der Waals surface area contributed by atoms with Gasteiger partial charge < -0.3 is 15.0 Å². The summed E-state index contributed by atoms with van der Waals surface area (Å²) in [7, 11) is 0. The lowest BCUT2D eigenvalue weighted by molar-refractivity contribution is -0.124. The highest BCUT2D eigenvalue weighted by Gasteiger charge is 2.37. The molecule has 29 heavy (non-hydrogen) atoms. The molecule has 0 unspecified atom stereocenters. The molecule has 1 saturated heterocycles. The van der Waals surface area contributed by atoms with E-state index in [-0.39, 0.29) is 29.3 Å². The second kappa shape index (κ2) is 8.72. The topological polar surface area (TPSA) is 58.6 Å². The Bertz CT molecular complexity index is 713. The Morgan fingerprint density at radius 3 is 2.28 bits per heavy atom. The number of ether oxygens (including phenoxy) is 1. The van der Waals surface area contributed by atoms with Gasteiger partial charge in [0.2, 0.25) is 5.91 Å². The van der Waals surface area contributed by atoms with Gasteiger partial charge >= 0.3 is 6.09 Å². The average molecular weight is 405 g/mol. The number of nitrogens with zero attached hydrogens (tertiary/aromatic N) is 1. The molecule has 5 nitrogen and oxygen atoms in total. The van der Waals surface area contributed by atoms with Gasteiger partial charge in [0.1, 0.15) is 11.4 Å². The average Bonchev–Trinajstić information content (AvgIpc) is 3.10. The number of benzene rings is 1. The van der Waals surface area contributed by atoms with Crippen LogP contribution < -0.4 is 5.32 Å². The van der Waals surface area contributed by atoms with Gasteiger partial charge in [0.25, 0.3) is 0 Å². The van der Waals surface area contributed by atoms with Gasteiger partial charge in [0, 0.05) is 19.5 Å². The number of piperidine rings is 1. The minimum absolute atomic E-state index is 0.0481. The highest BCUT2D eigenvalue weighted by Crippen LogP contribution is 2.39. The fourth-order valence-corrected chi connectivity index (χ4v) is 4.46. The molecule has 160 valence electrons. The van der Waals surface area contributed by atoms with E-state index >= 15 is 0 Å². The highest BCUT2D eigenvalue weighted by atomic mass is 19.1. The Balaban J connectivity index is 1.53. The summed E-state index contributed by atoms with van der Waals surface area (Å²) in [6, 6.07) is 6.52. The van der Waals surface area contributed by atoms with E-state index in [1.165, 1.54) is 12.1 Å². The van der Waals surface area contributed by atoms with Crippen molar-refractivity contribution in [3.05, 3.63) is 35.6 Å². The number of hydrogen-bond donors (Lipinski definition) is 1. The lowest BCUT2D eigenvalue weighted by Crippen LogP contribution is -2.46. The molecule has 6 heteroatoms. The second-order valence-corrected chi connectivity index (χ2v) is 9.46. The Morgan fingerprint density at radius 1 is 1.14 bits per heavy atom. The van der Waals surface area contributed by atoms with Gasteiger partial charge in [-0.3, -0.25) is 4.79 Å². The minimum atomic E-state index is -0.496. The maximum atomic E-state index is 13.3. The van der Waals surface area contributed by atoms with E-state index in [1.807, 2.05) is 20.8 Å². The number of likely N-dealkylation sites (tertiary alicyclic amines) is 1. The fourth-order valence-electron chi connectivity index (χ4n) is 4.46. The third-order valence-corrected chi connectivity index (χ3v) is 5.97. The van der Waals surface area contributed by atoms with E-state index in [9.17, 15) is 14.0 Å². The van der Waals surface area contributed by atoms with Crippen LogP contribution >= 0.6 is 0 Å². The maximum Gasteiger partial charge on any atom is 0.410 e. The summed E-state index contributed by atoms with van der Waals surface area (Å²) in [5, 5.41) is 3.27. The van der Waals surface area contributed by atoms with E-state index in [2.05, 4.69) is 5.32 Å². The molecule has 0 bridgehead atoms. The van der Waals surface area contributed by atoms with Crippen molar-refractivity contribution in [2.75, 3.05) is 13.1 Å². The van der Waals surface area contributed by atoms with Crippen molar-refractivity contribution >= 4 is 12.0 Å². The summed E-state index contributed by atoms with van der Waals surface area (Å²) in [5.41, 5.74) is 0.121. The molecule has 1 heterocycles. The van der Waals surface area contributed by atoms with Crippen molar-refractivity contribution in [2.24, 2.45) is 5.92 Å². The number of halogens is 1. The van der Waals surface area contributed by atoms with Crippen LogP contribution in [0.1, 0.15) is 71.3 Å². The molecule has 1 aromatic rings. The molecule has 1 aromatic carbocycles. The largest absolute Gasteiger partial charge is 0.444 e. The molecule has 0 aromatic heterocycles. The Labute approximate surface area is 173 Å². The van der Waals surface area contributed by atoms with E-state index in [4.69, 9.17) is 4.74 Å². The van der Waals surface area contributed by atoms with Crippen molar-refractivity contribution < 1.29 is 18.7 Å². The van der Waals surface area contributed by atoms with Gasteiger partial charge in [-0.15, -0.1) is 0 Å². The summed E-state index contributed by atoms with van der Waals surface area (Å²) < 4.78 is 18.8. The standard InChI is InChI=1S/C23H33FN2O3/c1-22(2,3)29-21(28)26-14-10-17(11-15-26)16-20(27)25-23(12-4-5-13-23)18-6-8-19(24)9-7-18/h6-9,17H,4-5,10-16H2,1-3H3,(H,25,27). The number of hydrogen-bond acceptors (Lipinski definition) is 3. The summed E-state index contributed by atoms with van der Waals surface area (Å²) in [5.74, 6) is 0.0530. The van der Waals surface area contributed by atoms with E-state index < -0.39 is 5.60 Å². The van der Waals surface area contributed by atoms with Gasteiger partial charge in [-0.1, -0.05) is 25.0 Å². The predicted octanol–water partition coefficient (Wildman–Crippen LogP) is 4.75. The molecular weight excluding hydrogens is 371 g/mol. The summed E-state index contributed by atoms with van der Waals surface area (Å²) in [6.45, 7) is 6.83. The SMILES string of the molecule is CC(C)(C)OC(=O)N1CCC(CC(=O)NC2(c3ccc(F)cc3)CCCC2)CC1. The molecule has 2 fully saturated rings. The van der Waals surface area contributed by atoms with Crippen molar-refractivity contribution in [3.8, 4) is 0 Å². The number of carbonyl (C=O) groups excluding carboxylic acids is 2. The zero-order valence-electron chi connectivity index (χ0n) is 17.8. The number of amides is 2. The van der Waals surface area contributed by atoms with Crippen molar-refractivity contribution in [1.82, 2.24) is 10.2 Å². The molecular formula is C23H33FN2O3. The van der Waals surface area contributed by atoms with Gasteiger partial charge in [-0.2, -0.15) is 0 Å². The normalized spacial score (nSPS) is 19.8. The zero-order valence-corrected chi connectivity index (χ0v) is 17.8. The van der Waals surface area contributed by atoms with Gasteiger partial charge in [0.15, 0.2) is 0 Å². The van der Waals surface area contributed by atoms with Crippen LogP contribution in [0.2, 0.25) is 0 Å². The van der Waals surface area contributed by atoms with Crippen LogP contribution in [0, 0.1) is 11.7 Å². The van der Waals surface area contributed by atoms with Crippen LogP contribution in [-0.2, 0) is 15.1 Å². The minimum Gasteiger partial charge on any atom is -0.444 e. The molecule has 0 radical (unpaired) electrons. The van der Waals surface area contributed by atoms with Crippen molar-refractivity contribution in [3.63, 3.8) is 0 Å². The number of rotatable bonds is 4. The molecule has 1 saturated carbocycles. The van der Waals surface area contributed by atoms with E-state index in [0.717, 1.165) is 44.1 Å². The Kier molecular flexibility index (Phi) is 6.49. The first-order chi connectivity index (χ1) is 13.7. The van der Waals surface area contributed by atoms with Crippen LogP contribution in [0.3, 0.4) is 0 Å². The van der Waals surface area contributed by atoms with Gasteiger partial charge in [-0.05, 0) is 70.1 Å². The molecule has 1 aliphatic carbocycles. The molecule has 2 amide bonds. The predicted molar refractivity (Wildman–Crippen MR) is 110 cm³/mol. The lowest BCUT2D eigenvalue weighted by atomic mass is 9.87. The van der Waals surface area contributed by atoms with Crippen LogP contribution in [0.4, 0.5) is 9.18 Å². The first-order valence-electron chi connectivity index (χ1n) is 10.7. The number of nitrogens with one attached hydrogen (secondary N) is 1. The Morgan fingerprint density at radius 2 is 1.72 bits per heavy atom. The third-order valence-electron chi connectivity index (χ3n) is 5.97. The van der Waals surface area contributed by atoms with E-state index in [0.29, 0.717) is 19.5 Å². The second-order valence-electron chi connectivity index (χ2n) is 9.46. The molecule has 0 atom stereocenters. The first kappa shape index (κ1) is 21.6. The maximum absolute atomic E-state index is 13.3. The van der Waals surface area contributed by atoms with Crippen LogP contribution in [-0.4, -0.2) is 35.6 Å². The number of carbonyl (C=O) groups is 2. The molecule has 1 aliphatic heterocycles. The van der Waals surface area contributed by atoms with Crippen molar-refractivity contribution in [1.29, 1.82) is 0 Å². The highest BCUT2D eigenvalue weighted by molar-refractivity contribution is 5.77. The summed E-state index contributed by atoms with van der Waals surface area (Å²) in [4.78, 5) is 26.8. The summed E-state index contributed by atoms with van der Waals surface area (Å²) in [6.07, 6.45) is 5.69. The molecule has 0 spiro atoms. The summed E-state index contributed by atoms with van der Waals surface area (Å²) >= 11 is 0. The first-order valence-corrected chi connectivity index (χ1v) is 10.7. The molecule has 2 aliphatic rings. The lowest BCUT2D eigenvalue weighted by Gasteiger charge is -2.35. The quantitative estimate of drug-likeness (QED) is 0.788. The monoisotopic (exact) mass is 404 g/mol. The molecule has 1 N–H and O–H groups in total. The van der Waals surface area contributed by atoms with E-state index in [1.54, 1.807) is 17.0 Å². The molecule has 3 rings (SSSR count). The van der Waals surface area contributed by atoms with Gasteiger partial charge in [0.05, 0.1) is 5.54 Å². The Hall–Kier alpha value is -2.11. The van der Waals surface area contributed by atoms with Crippen LogP contribution in [0.25, 0.3) is 0 Å². The van der Waals surface area contributed by atoms with Crippen LogP contribution in [0.5, 0.6) is 0 Å². The van der Waals surface area contributed by atoms with Crippen molar-refractivity contribution in [2.45, 2.75) is 76.9 Å². The van der Waals surface area contributed by atoms with Crippen LogP contribution in [0.15, 0.2) is 24.3 Å².